The maximum Gasteiger partial charge on any atom is 0.225 e. The number of aryl methyl sites for hydroxylation is 1. The third-order valence-corrected chi connectivity index (χ3v) is 6.88. The first-order valence-electron chi connectivity index (χ1n) is 10.2. The molecule has 0 bridgehead atoms. The van der Waals surface area contributed by atoms with Gasteiger partial charge in [0.25, 0.3) is 0 Å². The van der Waals surface area contributed by atoms with Crippen molar-refractivity contribution in [2.75, 3.05) is 18.0 Å². The fourth-order valence-electron chi connectivity index (χ4n) is 4.52. The molecule has 4 rings (SSSR count). The van der Waals surface area contributed by atoms with E-state index in [1.807, 2.05) is 0 Å². The van der Waals surface area contributed by atoms with Gasteiger partial charge in [0.1, 0.15) is 10.6 Å². The van der Waals surface area contributed by atoms with Crippen molar-refractivity contribution in [3.8, 4) is 11.1 Å². The summed E-state index contributed by atoms with van der Waals surface area (Å²) in [6.07, 6.45) is 1.27. The van der Waals surface area contributed by atoms with Crippen LogP contribution in [0.3, 0.4) is 0 Å². The molecule has 28 heavy (non-hydrogen) atoms. The molecule has 5 heteroatoms. The van der Waals surface area contributed by atoms with Gasteiger partial charge in [0.05, 0.1) is 5.39 Å². The number of anilines is 1. The Hall–Kier alpha value is -1.65. The minimum atomic E-state index is 0.344. The summed E-state index contributed by atoms with van der Waals surface area (Å²) >= 11 is 8.05. The van der Waals surface area contributed by atoms with Gasteiger partial charge >= 0.3 is 0 Å². The lowest BCUT2D eigenvalue weighted by atomic mass is 9.91. The third kappa shape index (κ3) is 3.65. The molecular weight excluding hydrogens is 386 g/mol. The topological polar surface area (TPSA) is 29.0 Å². The van der Waals surface area contributed by atoms with Crippen molar-refractivity contribution in [2.24, 2.45) is 11.8 Å². The molecule has 2 aromatic heterocycles. The van der Waals surface area contributed by atoms with E-state index in [4.69, 9.17) is 16.6 Å². The van der Waals surface area contributed by atoms with Crippen LogP contribution in [0.1, 0.15) is 50.5 Å². The van der Waals surface area contributed by atoms with Crippen LogP contribution in [0.4, 0.5) is 5.82 Å². The number of hydrogen-bond donors (Lipinski definition) is 0. The Bertz CT molecular complexity index is 983. The summed E-state index contributed by atoms with van der Waals surface area (Å²) in [6.45, 7) is 13.3. The van der Waals surface area contributed by atoms with Crippen LogP contribution in [0.2, 0.25) is 5.28 Å². The summed E-state index contributed by atoms with van der Waals surface area (Å²) in [6, 6.07) is 8.96. The summed E-state index contributed by atoms with van der Waals surface area (Å²) in [7, 11) is 0. The Labute approximate surface area is 176 Å². The van der Waals surface area contributed by atoms with Crippen LogP contribution in [0.25, 0.3) is 21.3 Å². The number of benzene rings is 1. The van der Waals surface area contributed by atoms with Crippen molar-refractivity contribution in [2.45, 2.75) is 47.0 Å². The highest BCUT2D eigenvalue weighted by molar-refractivity contribution is 7.19. The molecule has 2 atom stereocenters. The highest BCUT2D eigenvalue weighted by atomic mass is 35.5. The minimum Gasteiger partial charge on any atom is -0.355 e. The molecule has 1 aliphatic rings. The number of piperidine rings is 1. The number of halogens is 1. The van der Waals surface area contributed by atoms with E-state index in [2.05, 4.69) is 68.8 Å². The van der Waals surface area contributed by atoms with E-state index in [0.29, 0.717) is 23.0 Å². The van der Waals surface area contributed by atoms with Crippen molar-refractivity contribution in [3.05, 3.63) is 40.0 Å². The van der Waals surface area contributed by atoms with Gasteiger partial charge in [-0.25, -0.2) is 4.98 Å². The number of thiophene rings is 1. The lowest BCUT2D eigenvalue weighted by molar-refractivity contribution is 0.356. The molecule has 1 aromatic carbocycles. The van der Waals surface area contributed by atoms with Gasteiger partial charge in [-0.1, -0.05) is 52.0 Å². The van der Waals surface area contributed by atoms with Crippen LogP contribution in [0.15, 0.2) is 24.3 Å². The second-order valence-corrected chi connectivity index (χ2v) is 10.2. The number of fused-ring (bicyclic) bond motifs is 1. The predicted molar refractivity (Wildman–Crippen MR) is 122 cm³/mol. The molecule has 0 aliphatic carbocycles. The first-order valence-corrected chi connectivity index (χ1v) is 11.3. The minimum absolute atomic E-state index is 0.344. The van der Waals surface area contributed by atoms with E-state index in [0.717, 1.165) is 29.1 Å². The standard InChI is InChI=1S/C23H28ClN3S/c1-13(2)17-6-8-18(9-7-17)19-16(5)28-22-20(19)21(25-23(24)26-22)27-11-14(3)10-15(4)12-27/h6-9,13-15H,10-12H2,1-5H3. The van der Waals surface area contributed by atoms with Gasteiger partial charge in [-0.3, -0.25) is 0 Å². The summed E-state index contributed by atoms with van der Waals surface area (Å²) in [5.41, 5.74) is 3.85. The molecule has 1 fully saturated rings. The average molecular weight is 414 g/mol. The Morgan fingerprint density at radius 2 is 1.71 bits per heavy atom. The fraction of sp³-hybridized carbons (Fsp3) is 0.478. The molecule has 148 valence electrons. The number of nitrogens with zero attached hydrogens (tertiary/aromatic N) is 3. The molecule has 0 spiro atoms. The molecule has 3 nitrogen and oxygen atoms in total. The van der Waals surface area contributed by atoms with Crippen LogP contribution in [-0.4, -0.2) is 23.1 Å². The second-order valence-electron chi connectivity index (χ2n) is 8.66. The maximum absolute atomic E-state index is 6.34. The molecule has 3 heterocycles. The Morgan fingerprint density at radius 1 is 1.07 bits per heavy atom. The molecule has 0 amide bonds. The van der Waals surface area contributed by atoms with Crippen molar-refractivity contribution in [1.29, 1.82) is 0 Å². The zero-order valence-corrected chi connectivity index (χ0v) is 18.9. The van der Waals surface area contributed by atoms with E-state index >= 15 is 0 Å². The lowest BCUT2D eigenvalue weighted by Gasteiger charge is -2.36. The van der Waals surface area contributed by atoms with Gasteiger partial charge in [-0.15, -0.1) is 11.3 Å². The third-order valence-electron chi connectivity index (χ3n) is 5.72. The molecule has 1 aliphatic heterocycles. The molecule has 0 N–H and O–H groups in total. The highest BCUT2D eigenvalue weighted by Gasteiger charge is 2.27. The van der Waals surface area contributed by atoms with Crippen LogP contribution >= 0.6 is 22.9 Å². The first kappa shape index (κ1) is 19.7. The molecule has 0 radical (unpaired) electrons. The summed E-state index contributed by atoms with van der Waals surface area (Å²) in [5, 5.41) is 1.50. The number of aromatic nitrogens is 2. The van der Waals surface area contributed by atoms with Crippen molar-refractivity contribution in [1.82, 2.24) is 9.97 Å². The summed E-state index contributed by atoms with van der Waals surface area (Å²) in [4.78, 5) is 14.0. The number of rotatable bonds is 3. The Morgan fingerprint density at radius 3 is 2.32 bits per heavy atom. The lowest BCUT2D eigenvalue weighted by Crippen LogP contribution is -2.39. The maximum atomic E-state index is 6.34. The highest BCUT2D eigenvalue weighted by Crippen LogP contribution is 2.43. The molecule has 0 saturated carbocycles. The van der Waals surface area contributed by atoms with E-state index in [1.165, 1.54) is 28.0 Å². The van der Waals surface area contributed by atoms with Crippen LogP contribution in [-0.2, 0) is 0 Å². The van der Waals surface area contributed by atoms with Crippen LogP contribution < -0.4 is 4.90 Å². The molecular formula is C23H28ClN3S. The van der Waals surface area contributed by atoms with Crippen LogP contribution in [0.5, 0.6) is 0 Å². The Balaban J connectivity index is 1.89. The SMILES string of the molecule is Cc1sc2nc(Cl)nc(N3CC(C)CC(C)C3)c2c1-c1ccc(C(C)C)cc1. The zero-order chi connectivity index (χ0) is 20.0. The van der Waals surface area contributed by atoms with Gasteiger partial charge in [0, 0.05) is 23.5 Å². The van der Waals surface area contributed by atoms with Gasteiger partial charge < -0.3 is 4.90 Å². The zero-order valence-electron chi connectivity index (χ0n) is 17.3. The van der Waals surface area contributed by atoms with Gasteiger partial charge in [0.2, 0.25) is 5.28 Å². The predicted octanol–water partition coefficient (Wildman–Crippen LogP) is 6.93. The van der Waals surface area contributed by atoms with Gasteiger partial charge in [-0.2, -0.15) is 4.98 Å². The van der Waals surface area contributed by atoms with Crippen LogP contribution in [0, 0.1) is 18.8 Å². The fourth-order valence-corrected chi connectivity index (χ4v) is 5.77. The quantitative estimate of drug-likeness (QED) is 0.436. The average Bonchev–Trinajstić information content (AvgIpc) is 2.95. The normalized spacial score (nSPS) is 20.3. The Kier molecular flexibility index (Phi) is 5.36. The monoisotopic (exact) mass is 413 g/mol. The molecule has 2 unspecified atom stereocenters. The van der Waals surface area contributed by atoms with E-state index in [-0.39, 0.29) is 0 Å². The van der Waals surface area contributed by atoms with Crippen molar-refractivity contribution < 1.29 is 0 Å². The smallest absolute Gasteiger partial charge is 0.225 e. The second kappa shape index (κ2) is 7.64. The first-order chi connectivity index (χ1) is 13.3. The summed E-state index contributed by atoms with van der Waals surface area (Å²) in [5.74, 6) is 2.84. The van der Waals surface area contributed by atoms with E-state index in [1.54, 1.807) is 11.3 Å². The molecule has 1 saturated heterocycles. The van der Waals surface area contributed by atoms with Crippen molar-refractivity contribution >= 4 is 39.0 Å². The van der Waals surface area contributed by atoms with Crippen molar-refractivity contribution in [3.63, 3.8) is 0 Å². The van der Waals surface area contributed by atoms with Gasteiger partial charge in [0.15, 0.2) is 0 Å². The number of hydrogen-bond acceptors (Lipinski definition) is 4. The molecule has 3 aromatic rings. The summed E-state index contributed by atoms with van der Waals surface area (Å²) < 4.78 is 0. The van der Waals surface area contributed by atoms with E-state index < -0.39 is 0 Å². The van der Waals surface area contributed by atoms with E-state index in [9.17, 15) is 0 Å². The largest absolute Gasteiger partial charge is 0.355 e. The van der Waals surface area contributed by atoms with Gasteiger partial charge in [-0.05, 0) is 53.8 Å².